The molecule has 0 radical (unpaired) electrons. The Labute approximate surface area is 125 Å². The maximum atomic E-state index is 12.0. The van der Waals surface area contributed by atoms with Crippen LogP contribution in [0.15, 0.2) is 24.5 Å². The smallest absolute Gasteiger partial charge is 0.220 e. The van der Waals surface area contributed by atoms with Crippen molar-refractivity contribution in [2.24, 2.45) is 0 Å². The van der Waals surface area contributed by atoms with E-state index in [1.807, 2.05) is 12.1 Å². The first-order valence-corrected chi connectivity index (χ1v) is 8.82. The maximum absolute atomic E-state index is 12.0. The van der Waals surface area contributed by atoms with Gasteiger partial charge in [0.25, 0.3) is 0 Å². The molecular weight excluding hydrogens is 290 g/mol. The molecule has 116 valence electrons. The van der Waals surface area contributed by atoms with Crippen molar-refractivity contribution in [1.82, 2.24) is 14.6 Å². The van der Waals surface area contributed by atoms with Crippen LogP contribution in [0.2, 0.25) is 0 Å². The number of sulfonamides is 1. The lowest BCUT2D eigenvalue weighted by atomic mass is 10.1. The van der Waals surface area contributed by atoms with Crippen molar-refractivity contribution in [3.05, 3.63) is 30.1 Å². The predicted molar refractivity (Wildman–Crippen MR) is 80.2 cm³/mol. The molecule has 0 atom stereocenters. The van der Waals surface area contributed by atoms with Gasteiger partial charge in [0.05, 0.1) is 5.75 Å². The summed E-state index contributed by atoms with van der Waals surface area (Å²) in [5.74, 6) is -0.142. The number of amides is 1. The zero-order valence-corrected chi connectivity index (χ0v) is 12.8. The van der Waals surface area contributed by atoms with Crippen molar-refractivity contribution in [3.63, 3.8) is 0 Å². The summed E-state index contributed by atoms with van der Waals surface area (Å²) in [6.07, 6.45) is 6.22. The van der Waals surface area contributed by atoms with E-state index in [2.05, 4.69) is 10.3 Å². The molecule has 0 aromatic carbocycles. The highest BCUT2D eigenvalue weighted by molar-refractivity contribution is 7.89. The summed E-state index contributed by atoms with van der Waals surface area (Å²) in [5, 5.41) is 2.67. The monoisotopic (exact) mass is 311 g/mol. The van der Waals surface area contributed by atoms with Crippen LogP contribution in [0.4, 0.5) is 0 Å². The Morgan fingerprint density at radius 1 is 1.24 bits per heavy atom. The fraction of sp³-hybridized carbons (Fsp3) is 0.571. The molecule has 1 aromatic heterocycles. The molecule has 1 fully saturated rings. The van der Waals surface area contributed by atoms with Gasteiger partial charge in [0.2, 0.25) is 15.9 Å². The van der Waals surface area contributed by atoms with Crippen LogP contribution in [0.25, 0.3) is 0 Å². The summed E-state index contributed by atoms with van der Waals surface area (Å²) < 4.78 is 25.4. The van der Waals surface area contributed by atoms with Crippen LogP contribution in [0.5, 0.6) is 0 Å². The van der Waals surface area contributed by atoms with E-state index in [1.165, 1.54) is 4.31 Å². The summed E-state index contributed by atoms with van der Waals surface area (Å²) in [6, 6.07) is 3.73. The summed E-state index contributed by atoms with van der Waals surface area (Å²) >= 11 is 0. The second-order valence-corrected chi connectivity index (χ2v) is 7.22. The summed E-state index contributed by atoms with van der Waals surface area (Å²) in [7, 11) is -3.21. The number of nitrogens with zero attached hydrogens (tertiary/aromatic N) is 2. The second-order valence-electron chi connectivity index (χ2n) is 5.13. The molecular formula is C14H21N3O3S. The lowest BCUT2D eigenvalue weighted by molar-refractivity contribution is -0.120. The van der Waals surface area contributed by atoms with E-state index in [0.29, 0.717) is 25.9 Å². The minimum atomic E-state index is -3.21. The molecule has 1 amide bonds. The van der Waals surface area contributed by atoms with E-state index in [-0.39, 0.29) is 18.2 Å². The molecule has 1 aliphatic heterocycles. The maximum Gasteiger partial charge on any atom is 0.220 e. The van der Waals surface area contributed by atoms with Gasteiger partial charge in [-0.1, -0.05) is 0 Å². The third-order valence-electron chi connectivity index (χ3n) is 3.53. The normalized spacial score (nSPS) is 16.0. The third kappa shape index (κ3) is 5.09. The molecule has 0 aliphatic carbocycles. The fourth-order valence-corrected chi connectivity index (χ4v) is 3.74. The van der Waals surface area contributed by atoms with Crippen LogP contribution in [0, 0.1) is 0 Å². The van der Waals surface area contributed by atoms with E-state index < -0.39 is 10.0 Å². The fourth-order valence-electron chi connectivity index (χ4n) is 2.31. The third-order valence-corrected chi connectivity index (χ3v) is 5.40. The average molecular weight is 311 g/mol. The highest BCUT2D eigenvalue weighted by Gasteiger charge is 2.24. The van der Waals surface area contributed by atoms with Crippen molar-refractivity contribution in [1.29, 1.82) is 0 Å². The standard InChI is InChI=1S/C14H21N3O3S/c18-14(4-3-13-5-7-15-8-6-13)16-9-12-21(19,20)17-10-1-2-11-17/h5-8H,1-4,9-12H2,(H,16,18). The van der Waals surface area contributed by atoms with Crippen molar-refractivity contribution in [2.75, 3.05) is 25.4 Å². The van der Waals surface area contributed by atoms with Crippen molar-refractivity contribution in [3.8, 4) is 0 Å². The number of hydrogen-bond donors (Lipinski definition) is 1. The second kappa shape index (κ2) is 7.51. The van der Waals surface area contributed by atoms with Gasteiger partial charge in [-0.25, -0.2) is 12.7 Å². The van der Waals surface area contributed by atoms with Crippen LogP contribution in [-0.4, -0.2) is 49.0 Å². The van der Waals surface area contributed by atoms with Crippen LogP contribution in [0.3, 0.4) is 0 Å². The van der Waals surface area contributed by atoms with Gasteiger partial charge in [-0.2, -0.15) is 0 Å². The molecule has 2 heterocycles. The van der Waals surface area contributed by atoms with E-state index in [0.717, 1.165) is 18.4 Å². The largest absolute Gasteiger partial charge is 0.355 e. The molecule has 6 nitrogen and oxygen atoms in total. The van der Waals surface area contributed by atoms with Crippen LogP contribution >= 0.6 is 0 Å². The summed E-state index contributed by atoms with van der Waals surface area (Å²) in [6.45, 7) is 1.39. The number of pyridine rings is 1. The molecule has 0 spiro atoms. The Balaban J connectivity index is 1.67. The number of hydrogen-bond acceptors (Lipinski definition) is 4. The minimum absolute atomic E-state index is 0.0198. The molecule has 0 saturated carbocycles. The number of aromatic nitrogens is 1. The zero-order valence-electron chi connectivity index (χ0n) is 12.0. The number of rotatable bonds is 7. The molecule has 1 N–H and O–H groups in total. The molecule has 7 heteroatoms. The Morgan fingerprint density at radius 3 is 2.57 bits per heavy atom. The van der Waals surface area contributed by atoms with Crippen molar-refractivity contribution in [2.45, 2.75) is 25.7 Å². The topological polar surface area (TPSA) is 79.4 Å². The first-order valence-electron chi connectivity index (χ1n) is 7.21. The summed E-state index contributed by atoms with van der Waals surface area (Å²) in [5.41, 5.74) is 1.05. The van der Waals surface area contributed by atoms with E-state index in [4.69, 9.17) is 0 Å². The van der Waals surface area contributed by atoms with Gasteiger partial charge in [0, 0.05) is 38.4 Å². The first kappa shape index (κ1) is 15.9. The van der Waals surface area contributed by atoms with Crippen molar-refractivity contribution >= 4 is 15.9 Å². The van der Waals surface area contributed by atoms with E-state index in [1.54, 1.807) is 12.4 Å². The van der Waals surface area contributed by atoms with Crippen LogP contribution in [-0.2, 0) is 21.2 Å². The summed E-state index contributed by atoms with van der Waals surface area (Å²) in [4.78, 5) is 15.6. The predicted octanol–water partition coefficient (Wildman–Crippen LogP) is 0.556. The number of aryl methyl sites for hydroxylation is 1. The molecule has 2 rings (SSSR count). The van der Waals surface area contributed by atoms with Crippen LogP contribution < -0.4 is 5.32 Å². The molecule has 1 saturated heterocycles. The van der Waals surface area contributed by atoms with Gasteiger partial charge in [-0.15, -0.1) is 0 Å². The Kier molecular flexibility index (Phi) is 5.69. The van der Waals surface area contributed by atoms with E-state index >= 15 is 0 Å². The van der Waals surface area contributed by atoms with Crippen LogP contribution in [0.1, 0.15) is 24.8 Å². The molecule has 0 unspecified atom stereocenters. The zero-order chi connectivity index (χ0) is 15.1. The number of nitrogens with one attached hydrogen (secondary N) is 1. The van der Waals surface area contributed by atoms with Gasteiger partial charge >= 0.3 is 0 Å². The SMILES string of the molecule is O=C(CCc1ccncc1)NCCS(=O)(=O)N1CCCC1. The minimum Gasteiger partial charge on any atom is -0.355 e. The Hall–Kier alpha value is -1.47. The average Bonchev–Trinajstić information content (AvgIpc) is 3.01. The first-order chi connectivity index (χ1) is 10.1. The molecule has 1 aromatic rings. The van der Waals surface area contributed by atoms with Gasteiger partial charge in [-0.05, 0) is 37.0 Å². The highest BCUT2D eigenvalue weighted by atomic mass is 32.2. The number of carbonyl (C=O) groups excluding carboxylic acids is 1. The van der Waals surface area contributed by atoms with Gasteiger partial charge in [0.15, 0.2) is 0 Å². The van der Waals surface area contributed by atoms with Gasteiger partial charge in [0.1, 0.15) is 0 Å². The molecule has 1 aliphatic rings. The van der Waals surface area contributed by atoms with Crippen molar-refractivity contribution < 1.29 is 13.2 Å². The Morgan fingerprint density at radius 2 is 1.90 bits per heavy atom. The molecule has 21 heavy (non-hydrogen) atoms. The van der Waals surface area contributed by atoms with Gasteiger partial charge < -0.3 is 5.32 Å². The highest BCUT2D eigenvalue weighted by Crippen LogP contribution is 2.12. The quantitative estimate of drug-likeness (QED) is 0.798. The lowest BCUT2D eigenvalue weighted by Gasteiger charge is -2.15. The lowest BCUT2D eigenvalue weighted by Crippen LogP contribution is -2.36. The van der Waals surface area contributed by atoms with E-state index in [9.17, 15) is 13.2 Å². The molecule has 0 bridgehead atoms. The van der Waals surface area contributed by atoms with Gasteiger partial charge in [-0.3, -0.25) is 9.78 Å². The number of carbonyl (C=O) groups is 1. The Bertz CT molecular complexity index is 554.